The Morgan fingerprint density at radius 3 is 2.29 bits per heavy atom. The summed E-state index contributed by atoms with van der Waals surface area (Å²) in [4.78, 5) is 29.4. The number of benzene rings is 1. The third-order valence-corrected chi connectivity index (χ3v) is 6.08. The van der Waals surface area contributed by atoms with Crippen LogP contribution >= 0.6 is 23.1 Å². The summed E-state index contributed by atoms with van der Waals surface area (Å²) in [5.41, 5.74) is -2.94. The van der Waals surface area contributed by atoms with Gasteiger partial charge in [-0.2, -0.15) is 26.3 Å². The van der Waals surface area contributed by atoms with Crippen molar-refractivity contribution < 1.29 is 35.9 Å². The molecular formula is C18H15F6N3O2S2. The van der Waals surface area contributed by atoms with E-state index in [1.807, 2.05) is 0 Å². The smallest absolute Gasteiger partial charge is 0.332 e. The van der Waals surface area contributed by atoms with Gasteiger partial charge in [0.15, 0.2) is 5.13 Å². The molecule has 0 unspecified atom stereocenters. The minimum absolute atomic E-state index is 0.0454. The van der Waals surface area contributed by atoms with Gasteiger partial charge in [0.05, 0.1) is 11.1 Å². The van der Waals surface area contributed by atoms with Crippen LogP contribution in [0.1, 0.15) is 28.0 Å². The van der Waals surface area contributed by atoms with E-state index in [0.717, 1.165) is 11.3 Å². The number of anilines is 1. The molecule has 2 aromatic rings. The second-order valence-corrected chi connectivity index (χ2v) is 8.78. The second-order valence-electron chi connectivity index (χ2n) is 6.62. The predicted octanol–water partition coefficient (Wildman–Crippen LogP) is 5.27. The number of rotatable bonds is 6. The Morgan fingerprint density at radius 2 is 1.74 bits per heavy atom. The monoisotopic (exact) mass is 483 g/mol. The van der Waals surface area contributed by atoms with E-state index < -0.39 is 29.4 Å². The molecule has 0 atom stereocenters. The van der Waals surface area contributed by atoms with Crippen LogP contribution in [0.3, 0.4) is 0 Å². The maximum Gasteiger partial charge on any atom is 0.416 e. The minimum Gasteiger partial charge on any atom is -0.332 e. The minimum atomic E-state index is -4.92. The molecule has 13 heteroatoms. The van der Waals surface area contributed by atoms with E-state index in [1.165, 1.54) is 18.0 Å². The first-order chi connectivity index (χ1) is 14.4. The highest BCUT2D eigenvalue weighted by Gasteiger charge is 2.36. The van der Waals surface area contributed by atoms with Gasteiger partial charge in [-0.05, 0) is 23.8 Å². The van der Waals surface area contributed by atoms with Crippen LogP contribution < -0.4 is 5.32 Å². The molecule has 2 amide bonds. The number of halogens is 6. The van der Waals surface area contributed by atoms with Crippen molar-refractivity contribution in [1.82, 2.24) is 9.88 Å². The molecule has 1 saturated heterocycles. The number of carbonyl (C=O) groups excluding carboxylic acids is 2. The van der Waals surface area contributed by atoms with Gasteiger partial charge in [0.25, 0.3) is 5.24 Å². The standard InChI is InChI=1S/C18H15F6N3O2S2/c19-17(20,21)11-5-10(6-12(8-11)18(22,23)24)7-13-9-25-15(31-13)26-14(28)1-2-27-3-4-30-16(27)29/h5-6,8-9H,1-4,7H2,(H,25,26,28). The SMILES string of the molecule is O=C(CCN1CCSC1=O)Nc1ncc(Cc2cc(C(F)(F)F)cc(C(F)(F)F)c2)s1. The van der Waals surface area contributed by atoms with Gasteiger partial charge < -0.3 is 10.2 Å². The van der Waals surface area contributed by atoms with Crippen LogP contribution in [0.25, 0.3) is 0 Å². The van der Waals surface area contributed by atoms with E-state index >= 15 is 0 Å². The zero-order valence-electron chi connectivity index (χ0n) is 15.6. The van der Waals surface area contributed by atoms with Crippen molar-refractivity contribution in [2.24, 2.45) is 0 Å². The maximum atomic E-state index is 13.0. The third-order valence-electron chi connectivity index (χ3n) is 4.28. The summed E-state index contributed by atoms with van der Waals surface area (Å²) in [6.45, 7) is 0.815. The zero-order chi connectivity index (χ0) is 22.8. The molecule has 0 saturated carbocycles. The van der Waals surface area contributed by atoms with E-state index in [1.54, 1.807) is 4.90 Å². The number of carbonyl (C=O) groups is 2. The Morgan fingerprint density at radius 1 is 1.10 bits per heavy atom. The van der Waals surface area contributed by atoms with Crippen LogP contribution in [0.5, 0.6) is 0 Å². The molecule has 1 N–H and O–H groups in total. The molecule has 1 aromatic carbocycles. The normalized spacial score (nSPS) is 14.9. The van der Waals surface area contributed by atoms with Gasteiger partial charge in [0, 0.05) is 42.8 Å². The van der Waals surface area contributed by atoms with Crippen LogP contribution in [0.15, 0.2) is 24.4 Å². The summed E-state index contributed by atoms with van der Waals surface area (Å²) in [6.07, 6.45) is -8.71. The van der Waals surface area contributed by atoms with Crippen LogP contribution in [-0.4, -0.2) is 39.9 Å². The number of thioether (sulfide) groups is 1. The molecule has 5 nitrogen and oxygen atoms in total. The lowest BCUT2D eigenvalue weighted by Gasteiger charge is -2.14. The van der Waals surface area contributed by atoms with Gasteiger partial charge >= 0.3 is 12.4 Å². The number of nitrogens with one attached hydrogen (secondary N) is 1. The van der Waals surface area contributed by atoms with Crippen molar-refractivity contribution in [3.8, 4) is 0 Å². The zero-order valence-corrected chi connectivity index (χ0v) is 17.3. The van der Waals surface area contributed by atoms with Crippen LogP contribution in [0, 0.1) is 0 Å². The molecule has 1 aliphatic rings. The molecule has 0 spiro atoms. The van der Waals surface area contributed by atoms with E-state index in [-0.39, 0.29) is 41.4 Å². The number of thiazole rings is 1. The van der Waals surface area contributed by atoms with Crippen molar-refractivity contribution in [3.63, 3.8) is 0 Å². The second kappa shape index (κ2) is 9.07. The molecule has 1 fully saturated rings. The Labute approximate surface area is 180 Å². The first-order valence-electron chi connectivity index (χ1n) is 8.86. The highest BCUT2D eigenvalue weighted by Crippen LogP contribution is 2.37. The topological polar surface area (TPSA) is 62.3 Å². The molecule has 2 heterocycles. The summed E-state index contributed by atoms with van der Waals surface area (Å²) < 4.78 is 77.9. The Balaban J connectivity index is 1.66. The number of hydrogen-bond acceptors (Lipinski definition) is 5. The molecule has 1 aliphatic heterocycles. The first kappa shape index (κ1) is 23.4. The molecule has 0 bridgehead atoms. The lowest BCUT2D eigenvalue weighted by Crippen LogP contribution is -2.27. The van der Waals surface area contributed by atoms with E-state index in [0.29, 0.717) is 29.3 Å². The number of nitrogens with zero attached hydrogens (tertiary/aromatic N) is 2. The average Bonchev–Trinajstić information content (AvgIpc) is 3.27. The number of hydrogen-bond donors (Lipinski definition) is 1. The molecule has 3 rings (SSSR count). The number of aromatic nitrogens is 1. The first-order valence-corrected chi connectivity index (χ1v) is 10.7. The van der Waals surface area contributed by atoms with Crippen molar-refractivity contribution in [1.29, 1.82) is 0 Å². The highest BCUT2D eigenvalue weighted by molar-refractivity contribution is 8.13. The van der Waals surface area contributed by atoms with Crippen LogP contribution in [-0.2, 0) is 23.6 Å². The maximum absolute atomic E-state index is 13.0. The largest absolute Gasteiger partial charge is 0.416 e. The Hall–Kier alpha value is -2.28. The van der Waals surface area contributed by atoms with Crippen LogP contribution in [0.2, 0.25) is 0 Å². The van der Waals surface area contributed by atoms with Gasteiger partial charge in [0.1, 0.15) is 0 Å². The van der Waals surface area contributed by atoms with E-state index in [9.17, 15) is 35.9 Å². The summed E-state index contributed by atoms with van der Waals surface area (Å²) >= 11 is 2.13. The van der Waals surface area contributed by atoms with Gasteiger partial charge in [-0.3, -0.25) is 9.59 Å². The molecule has 1 aromatic heterocycles. The van der Waals surface area contributed by atoms with Gasteiger partial charge in [-0.15, -0.1) is 11.3 Å². The molecular weight excluding hydrogens is 468 g/mol. The summed E-state index contributed by atoms with van der Waals surface area (Å²) in [7, 11) is 0. The molecule has 168 valence electrons. The Kier molecular flexibility index (Phi) is 6.84. The predicted molar refractivity (Wildman–Crippen MR) is 104 cm³/mol. The molecule has 31 heavy (non-hydrogen) atoms. The number of amides is 2. The summed E-state index contributed by atoms with van der Waals surface area (Å²) in [5.74, 6) is 0.269. The summed E-state index contributed by atoms with van der Waals surface area (Å²) in [6, 6.07) is 1.40. The van der Waals surface area contributed by atoms with Gasteiger partial charge in [-0.25, -0.2) is 4.98 Å². The van der Waals surface area contributed by atoms with Crippen molar-refractivity contribution in [3.05, 3.63) is 46.0 Å². The van der Waals surface area contributed by atoms with Crippen molar-refractivity contribution >= 4 is 39.4 Å². The lowest BCUT2D eigenvalue weighted by atomic mass is 10.0. The molecule has 0 aliphatic carbocycles. The van der Waals surface area contributed by atoms with Crippen LogP contribution in [0.4, 0.5) is 36.3 Å². The van der Waals surface area contributed by atoms with Crippen molar-refractivity contribution in [2.75, 3.05) is 24.2 Å². The molecule has 0 radical (unpaired) electrons. The average molecular weight is 483 g/mol. The fourth-order valence-corrected chi connectivity index (χ4v) is 4.53. The Bertz CT molecular complexity index is 942. The van der Waals surface area contributed by atoms with E-state index in [2.05, 4.69) is 10.3 Å². The fraction of sp³-hybridized carbons (Fsp3) is 0.389. The van der Waals surface area contributed by atoms with Crippen molar-refractivity contribution in [2.45, 2.75) is 25.2 Å². The highest BCUT2D eigenvalue weighted by atomic mass is 32.2. The van der Waals surface area contributed by atoms with Gasteiger partial charge in [0.2, 0.25) is 5.91 Å². The van der Waals surface area contributed by atoms with Gasteiger partial charge in [-0.1, -0.05) is 11.8 Å². The third kappa shape index (κ3) is 6.35. The quantitative estimate of drug-likeness (QED) is 0.569. The number of alkyl halides is 6. The fourth-order valence-electron chi connectivity index (χ4n) is 2.82. The van der Waals surface area contributed by atoms with E-state index in [4.69, 9.17) is 0 Å². The summed E-state index contributed by atoms with van der Waals surface area (Å²) in [5, 5.41) is 2.60. The lowest BCUT2D eigenvalue weighted by molar-refractivity contribution is -0.143.